The molecule has 0 aliphatic carbocycles. The van der Waals surface area contributed by atoms with Crippen molar-refractivity contribution >= 4 is 35.2 Å². The van der Waals surface area contributed by atoms with Crippen LogP contribution in [0.2, 0.25) is 0 Å². The molecule has 0 unspecified atom stereocenters. The van der Waals surface area contributed by atoms with E-state index in [0.717, 1.165) is 42.4 Å². The van der Waals surface area contributed by atoms with Gasteiger partial charge in [-0.2, -0.15) is 0 Å². The zero-order chi connectivity index (χ0) is 26.6. The Bertz CT molecular complexity index is 1030. The number of carbonyl (C=O) groups is 3. The van der Waals surface area contributed by atoms with Crippen molar-refractivity contribution in [2.75, 3.05) is 39.2 Å². The highest BCUT2D eigenvalue weighted by atomic mass is 16.4. The van der Waals surface area contributed by atoms with Gasteiger partial charge in [-0.3, -0.25) is 14.4 Å². The number of carbonyl (C=O) groups excluding carboxylic acids is 3. The van der Waals surface area contributed by atoms with Crippen LogP contribution < -0.4 is 10.6 Å². The molecule has 7 heteroatoms. The van der Waals surface area contributed by atoms with E-state index in [1.165, 1.54) is 17.5 Å². The fourth-order valence-electron chi connectivity index (χ4n) is 3.42. The number of ether oxygens (including phenoxy) is 1. The molecule has 1 aliphatic rings. The van der Waals surface area contributed by atoms with Crippen molar-refractivity contribution in [3.63, 3.8) is 0 Å². The van der Waals surface area contributed by atoms with Gasteiger partial charge in [0.2, 0.25) is 18.7 Å². The molecule has 3 aromatic carbocycles. The predicted molar refractivity (Wildman–Crippen MR) is 148 cm³/mol. The Morgan fingerprint density at radius 2 is 1.44 bits per heavy atom. The van der Waals surface area contributed by atoms with Crippen molar-refractivity contribution < 1.29 is 19.1 Å². The molecule has 1 fully saturated rings. The normalized spacial score (nSPS) is 11.5. The molecule has 0 bridgehead atoms. The largest absolute Gasteiger partial charge is 0.388 e. The molecule has 3 aromatic rings. The first kappa shape index (κ1) is 30.3. The van der Waals surface area contributed by atoms with Crippen molar-refractivity contribution in [1.29, 1.82) is 0 Å². The lowest BCUT2D eigenvalue weighted by Crippen LogP contribution is -2.35. The van der Waals surface area contributed by atoms with Crippen LogP contribution in [0.4, 0.5) is 5.69 Å². The first-order valence-corrected chi connectivity index (χ1v) is 12.2. The summed E-state index contributed by atoms with van der Waals surface area (Å²) >= 11 is 0. The number of amides is 3. The molecule has 0 atom stereocenters. The summed E-state index contributed by atoms with van der Waals surface area (Å²) in [4.78, 5) is 33.2. The maximum atomic E-state index is 11.1. The zero-order valence-corrected chi connectivity index (χ0v) is 21.8. The van der Waals surface area contributed by atoms with Gasteiger partial charge in [0, 0.05) is 33.0 Å². The van der Waals surface area contributed by atoms with Crippen LogP contribution in [0.15, 0.2) is 66.7 Å². The van der Waals surface area contributed by atoms with Crippen molar-refractivity contribution in [1.82, 2.24) is 10.2 Å². The van der Waals surface area contributed by atoms with E-state index in [2.05, 4.69) is 59.5 Å². The fraction of sp³-hybridized carbons (Fsp3) is 0.345. The van der Waals surface area contributed by atoms with Crippen molar-refractivity contribution in [3.8, 4) is 11.1 Å². The third kappa shape index (κ3) is 11.1. The highest BCUT2D eigenvalue weighted by molar-refractivity contribution is 5.91. The van der Waals surface area contributed by atoms with Gasteiger partial charge in [0.25, 0.3) is 0 Å². The second-order valence-corrected chi connectivity index (χ2v) is 8.11. The summed E-state index contributed by atoms with van der Waals surface area (Å²) in [5.74, 6) is 0.0228. The molecule has 1 heterocycles. The highest BCUT2D eigenvalue weighted by Gasteiger charge is 2.16. The summed E-state index contributed by atoms with van der Waals surface area (Å²) in [6.45, 7) is 6.09. The number of anilines is 1. The lowest BCUT2D eigenvalue weighted by atomic mass is 10.0. The molecule has 7 nitrogen and oxygen atoms in total. The number of fused-ring (bicyclic) bond motifs is 1. The molecule has 0 aromatic heterocycles. The van der Waals surface area contributed by atoms with Crippen molar-refractivity contribution in [3.05, 3.63) is 66.7 Å². The molecule has 1 saturated heterocycles. The quantitative estimate of drug-likeness (QED) is 0.467. The number of hydrogen-bond acceptors (Lipinski definition) is 4. The van der Waals surface area contributed by atoms with Crippen LogP contribution in [-0.4, -0.2) is 57.5 Å². The van der Waals surface area contributed by atoms with Crippen LogP contribution in [-0.2, 0) is 19.1 Å². The molecule has 194 valence electrons. The number of benzene rings is 3. The van der Waals surface area contributed by atoms with Gasteiger partial charge in [-0.1, -0.05) is 68.8 Å². The average molecular weight is 494 g/mol. The van der Waals surface area contributed by atoms with E-state index in [1.54, 1.807) is 19.1 Å². The average Bonchev–Trinajstić information content (AvgIpc) is 3.44. The Hall–Kier alpha value is -3.71. The Labute approximate surface area is 214 Å². The van der Waals surface area contributed by atoms with Gasteiger partial charge >= 0.3 is 0 Å². The molecule has 0 spiro atoms. The number of likely N-dealkylation sites (tertiary alicyclic amines) is 1. The molecule has 3 amide bonds. The fourth-order valence-corrected chi connectivity index (χ4v) is 3.42. The van der Waals surface area contributed by atoms with Gasteiger partial charge in [0.1, 0.15) is 0 Å². The van der Waals surface area contributed by atoms with Crippen LogP contribution in [0.25, 0.3) is 21.9 Å². The summed E-state index contributed by atoms with van der Waals surface area (Å²) in [5, 5.41) is 7.30. The lowest BCUT2D eigenvalue weighted by molar-refractivity contribution is -0.130. The minimum absolute atomic E-state index is 0.0228. The summed E-state index contributed by atoms with van der Waals surface area (Å²) in [7, 11) is 3.25. The van der Waals surface area contributed by atoms with E-state index < -0.39 is 0 Å². The van der Waals surface area contributed by atoms with Crippen molar-refractivity contribution in [2.24, 2.45) is 0 Å². The summed E-state index contributed by atoms with van der Waals surface area (Å²) in [6, 6.07) is 22.5. The number of methoxy groups -OCH3 is 1. The third-order valence-electron chi connectivity index (χ3n) is 4.97. The molecule has 1 aliphatic heterocycles. The second-order valence-electron chi connectivity index (χ2n) is 8.11. The van der Waals surface area contributed by atoms with E-state index in [0.29, 0.717) is 12.8 Å². The Morgan fingerprint density at radius 3 is 2.03 bits per heavy atom. The first-order valence-electron chi connectivity index (χ1n) is 12.2. The van der Waals surface area contributed by atoms with Gasteiger partial charge in [0.05, 0.1) is 6.54 Å². The molecular formula is C29H39N3O4. The number of hydrogen-bond donors (Lipinski definition) is 2. The molecular weight excluding hydrogens is 454 g/mol. The maximum Gasteiger partial charge on any atom is 0.241 e. The smallest absolute Gasteiger partial charge is 0.241 e. The Morgan fingerprint density at radius 1 is 0.861 bits per heavy atom. The van der Waals surface area contributed by atoms with Gasteiger partial charge in [-0.25, -0.2) is 0 Å². The Kier molecular flexibility index (Phi) is 15.7. The van der Waals surface area contributed by atoms with Gasteiger partial charge in [-0.15, -0.1) is 0 Å². The molecule has 0 radical (unpaired) electrons. The van der Waals surface area contributed by atoms with E-state index in [9.17, 15) is 14.4 Å². The number of nitrogens with zero attached hydrogens (tertiary/aromatic N) is 1. The number of nitrogens with one attached hydrogen (secondary N) is 2. The molecule has 2 N–H and O–H groups in total. The van der Waals surface area contributed by atoms with E-state index in [4.69, 9.17) is 0 Å². The topological polar surface area (TPSA) is 87.7 Å². The third-order valence-corrected chi connectivity index (χ3v) is 4.97. The standard InChI is InChI=1S/C17H13NO.C7H12N2O2.C3H8.C2H6O/c19-12-18-17-9-8-15-10-14(6-7-16(15)11-17)13-4-2-1-3-5-13;10-6-8-5-7(11)9-3-1-2-4-9;2*1-3-2/h1-12H,(H,18,19);6H,1-5H2,(H,8,10);3H2,1-2H3;1-2H3. The van der Waals surface area contributed by atoms with Crippen molar-refractivity contribution in [2.45, 2.75) is 33.1 Å². The van der Waals surface area contributed by atoms with Crippen LogP contribution in [0, 0.1) is 0 Å². The molecule has 4 rings (SSSR count). The zero-order valence-electron chi connectivity index (χ0n) is 21.8. The minimum Gasteiger partial charge on any atom is -0.388 e. The second kappa shape index (κ2) is 18.6. The Balaban J connectivity index is 0.000000323. The van der Waals surface area contributed by atoms with Crippen LogP contribution in [0.1, 0.15) is 33.1 Å². The summed E-state index contributed by atoms with van der Waals surface area (Å²) in [6.07, 6.45) is 4.67. The van der Waals surface area contributed by atoms with E-state index >= 15 is 0 Å². The highest BCUT2D eigenvalue weighted by Crippen LogP contribution is 2.26. The first-order chi connectivity index (χ1) is 17.5. The maximum absolute atomic E-state index is 11.1. The monoisotopic (exact) mass is 493 g/mol. The predicted octanol–water partition coefficient (Wildman–Crippen LogP) is 5.11. The number of rotatable bonds is 6. The summed E-state index contributed by atoms with van der Waals surface area (Å²) < 4.78 is 4.25. The van der Waals surface area contributed by atoms with Gasteiger partial charge in [0.15, 0.2) is 0 Å². The molecule has 0 saturated carbocycles. The van der Waals surface area contributed by atoms with Crippen LogP contribution >= 0.6 is 0 Å². The van der Waals surface area contributed by atoms with Gasteiger partial charge < -0.3 is 20.3 Å². The van der Waals surface area contributed by atoms with Gasteiger partial charge in [-0.05, 0) is 52.9 Å². The molecule has 36 heavy (non-hydrogen) atoms. The van der Waals surface area contributed by atoms with Crippen LogP contribution in [0.3, 0.4) is 0 Å². The lowest BCUT2D eigenvalue weighted by Gasteiger charge is -2.13. The van der Waals surface area contributed by atoms with E-state index in [1.807, 2.05) is 36.4 Å². The minimum atomic E-state index is 0.0228. The summed E-state index contributed by atoms with van der Waals surface area (Å²) in [5.41, 5.74) is 3.22. The van der Waals surface area contributed by atoms with E-state index in [-0.39, 0.29) is 12.5 Å². The van der Waals surface area contributed by atoms with Crippen LogP contribution in [0.5, 0.6) is 0 Å². The SMILES string of the molecule is CCC.COC.O=CNCC(=O)N1CCCC1.O=CNc1ccc2cc(-c3ccccc3)ccc2c1.